The molecule has 0 saturated heterocycles. The molecule has 0 heterocycles. The number of rotatable bonds is 7. The lowest BCUT2D eigenvalue weighted by molar-refractivity contribution is 0.0864. The molecule has 0 fully saturated rings. The van der Waals surface area contributed by atoms with Gasteiger partial charge in [-0.2, -0.15) is 0 Å². The first-order valence-electron chi connectivity index (χ1n) is 5.99. The molecule has 1 amide bonds. The second kappa shape index (κ2) is 7.81. The van der Waals surface area contributed by atoms with Gasteiger partial charge in [0.1, 0.15) is 17.2 Å². The highest BCUT2D eigenvalue weighted by Gasteiger charge is 2.18. The number of ether oxygens (including phenoxy) is 1. The predicted molar refractivity (Wildman–Crippen MR) is 66.0 cm³/mol. The third-order valence-electron chi connectivity index (χ3n) is 2.50. The molecule has 0 aliphatic carbocycles. The monoisotopic (exact) mass is 273 g/mol. The van der Waals surface area contributed by atoms with Gasteiger partial charge in [0, 0.05) is 13.2 Å². The zero-order valence-electron chi connectivity index (χ0n) is 10.7. The Morgan fingerprint density at radius 1 is 1.37 bits per heavy atom. The third kappa shape index (κ3) is 4.57. The molecular formula is C13H17F2NO3. The van der Waals surface area contributed by atoms with Gasteiger partial charge in [-0.25, -0.2) is 8.78 Å². The van der Waals surface area contributed by atoms with E-state index in [1.165, 1.54) is 13.0 Å². The zero-order valence-corrected chi connectivity index (χ0v) is 10.7. The minimum absolute atomic E-state index is 0.0634. The zero-order chi connectivity index (χ0) is 14.3. The molecular weight excluding hydrogens is 256 g/mol. The molecule has 106 valence electrons. The van der Waals surface area contributed by atoms with Crippen molar-refractivity contribution < 1.29 is 23.4 Å². The summed E-state index contributed by atoms with van der Waals surface area (Å²) in [6.45, 7) is 2.24. The van der Waals surface area contributed by atoms with Gasteiger partial charge >= 0.3 is 0 Å². The van der Waals surface area contributed by atoms with Crippen LogP contribution in [0.2, 0.25) is 0 Å². The van der Waals surface area contributed by atoms with Crippen LogP contribution in [0.3, 0.4) is 0 Å². The van der Waals surface area contributed by atoms with Crippen molar-refractivity contribution in [3.63, 3.8) is 0 Å². The molecule has 0 aliphatic rings. The first kappa shape index (κ1) is 15.5. The summed E-state index contributed by atoms with van der Waals surface area (Å²) in [5.74, 6) is -2.49. The first-order valence-corrected chi connectivity index (χ1v) is 5.99. The molecule has 19 heavy (non-hydrogen) atoms. The van der Waals surface area contributed by atoms with Crippen molar-refractivity contribution in [2.45, 2.75) is 13.3 Å². The summed E-state index contributed by atoms with van der Waals surface area (Å²) in [6.07, 6.45) is 0.501. The summed E-state index contributed by atoms with van der Waals surface area (Å²) in [5.41, 5.74) is -0.339. The van der Waals surface area contributed by atoms with Gasteiger partial charge in [0.25, 0.3) is 5.91 Å². The highest BCUT2D eigenvalue weighted by molar-refractivity contribution is 5.94. The largest absolute Gasteiger partial charge is 0.394 e. The SMILES string of the molecule is Cc1ccc(F)c(C(=O)NCCCOCCO)c1F. The number of carbonyl (C=O) groups is 1. The van der Waals surface area contributed by atoms with Crippen LogP contribution < -0.4 is 5.32 Å². The molecule has 0 unspecified atom stereocenters. The molecule has 0 aliphatic heterocycles. The van der Waals surface area contributed by atoms with E-state index in [0.717, 1.165) is 6.07 Å². The highest BCUT2D eigenvalue weighted by atomic mass is 19.1. The number of amides is 1. The van der Waals surface area contributed by atoms with Crippen LogP contribution in [-0.4, -0.2) is 37.4 Å². The molecule has 0 bridgehead atoms. The van der Waals surface area contributed by atoms with E-state index in [9.17, 15) is 13.6 Å². The molecule has 1 rings (SSSR count). The van der Waals surface area contributed by atoms with E-state index in [0.29, 0.717) is 13.0 Å². The first-order chi connectivity index (χ1) is 9.07. The molecule has 0 atom stereocenters. The van der Waals surface area contributed by atoms with Crippen molar-refractivity contribution in [3.8, 4) is 0 Å². The minimum Gasteiger partial charge on any atom is -0.394 e. The van der Waals surface area contributed by atoms with Gasteiger partial charge < -0.3 is 15.2 Å². The Balaban J connectivity index is 2.48. The summed E-state index contributed by atoms with van der Waals surface area (Å²) in [5, 5.41) is 10.9. The van der Waals surface area contributed by atoms with Crippen molar-refractivity contribution in [2.75, 3.05) is 26.4 Å². The van der Waals surface area contributed by atoms with Crippen LogP contribution >= 0.6 is 0 Å². The quantitative estimate of drug-likeness (QED) is 0.738. The van der Waals surface area contributed by atoms with Gasteiger partial charge in [-0.3, -0.25) is 4.79 Å². The van der Waals surface area contributed by atoms with Gasteiger partial charge in [-0.05, 0) is 25.0 Å². The smallest absolute Gasteiger partial charge is 0.257 e. The van der Waals surface area contributed by atoms with Crippen molar-refractivity contribution in [2.24, 2.45) is 0 Å². The fraction of sp³-hybridized carbons (Fsp3) is 0.462. The van der Waals surface area contributed by atoms with E-state index >= 15 is 0 Å². The maximum absolute atomic E-state index is 13.6. The lowest BCUT2D eigenvalue weighted by Crippen LogP contribution is -2.27. The fourth-order valence-electron chi connectivity index (χ4n) is 1.50. The van der Waals surface area contributed by atoms with Crippen LogP contribution in [0, 0.1) is 18.6 Å². The van der Waals surface area contributed by atoms with E-state index in [4.69, 9.17) is 9.84 Å². The number of aliphatic hydroxyl groups is 1. The molecule has 0 aromatic heterocycles. The van der Waals surface area contributed by atoms with Gasteiger partial charge in [0.2, 0.25) is 0 Å². The van der Waals surface area contributed by atoms with Gasteiger partial charge in [0.05, 0.1) is 13.2 Å². The normalized spacial score (nSPS) is 10.5. The van der Waals surface area contributed by atoms with Crippen molar-refractivity contribution in [1.82, 2.24) is 5.32 Å². The summed E-state index contributed by atoms with van der Waals surface area (Å²) >= 11 is 0. The van der Waals surface area contributed by atoms with Crippen molar-refractivity contribution in [3.05, 3.63) is 34.9 Å². The maximum Gasteiger partial charge on any atom is 0.257 e. The van der Waals surface area contributed by atoms with Gasteiger partial charge in [0.15, 0.2) is 0 Å². The number of carbonyl (C=O) groups excluding carboxylic acids is 1. The number of hydrogen-bond donors (Lipinski definition) is 2. The summed E-state index contributed by atoms with van der Waals surface area (Å²) < 4.78 is 32.0. The van der Waals surface area contributed by atoms with E-state index in [1.54, 1.807) is 0 Å². The third-order valence-corrected chi connectivity index (χ3v) is 2.50. The number of halogens is 2. The number of benzene rings is 1. The van der Waals surface area contributed by atoms with Crippen molar-refractivity contribution >= 4 is 5.91 Å². The number of aryl methyl sites for hydroxylation is 1. The molecule has 1 aromatic carbocycles. The van der Waals surface area contributed by atoms with Gasteiger partial charge in [-0.15, -0.1) is 0 Å². The van der Waals surface area contributed by atoms with Crippen LogP contribution in [0.1, 0.15) is 22.3 Å². The van der Waals surface area contributed by atoms with E-state index < -0.39 is 23.1 Å². The Bertz CT molecular complexity index is 438. The predicted octanol–water partition coefficient (Wildman–Crippen LogP) is 1.40. The molecule has 0 spiro atoms. The number of nitrogens with one attached hydrogen (secondary N) is 1. The Hall–Kier alpha value is -1.53. The Morgan fingerprint density at radius 3 is 2.79 bits per heavy atom. The van der Waals surface area contributed by atoms with Crippen LogP contribution in [0.25, 0.3) is 0 Å². The van der Waals surface area contributed by atoms with Crippen LogP contribution in [0.15, 0.2) is 12.1 Å². The average Bonchev–Trinajstić information content (AvgIpc) is 2.38. The topological polar surface area (TPSA) is 58.6 Å². The second-order valence-electron chi connectivity index (χ2n) is 4.00. The Morgan fingerprint density at radius 2 is 2.11 bits per heavy atom. The summed E-state index contributed by atoms with van der Waals surface area (Å²) in [4.78, 5) is 11.7. The Labute approximate surface area is 110 Å². The second-order valence-corrected chi connectivity index (χ2v) is 4.00. The maximum atomic E-state index is 13.6. The minimum atomic E-state index is -0.878. The van der Waals surface area contributed by atoms with Crippen molar-refractivity contribution in [1.29, 1.82) is 0 Å². The number of aliphatic hydroxyl groups excluding tert-OH is 1. The molecule has 1 aromatic rings. The highest BCUT2D eigenvalue weighted by Crippen LogP contribution is 2.15. The van der Waals surface area contributed by atoms with Crippen LogP contribution in [-0.2, 0) is 4.74 Å². The number of hydrogen-bond acceptors (Lipinski definition) is 3. The van der Waals surface area contributed by atoms with E-state index in [2.05, 4.69) is 5.32 Å². The van der Waals surface area contributed by atoms with E-state index in [-0.39, 0.29) is 25.3 Å². The molecule has 0 saturated carbocycles. The van der Waals surface area contributed by atoms with Crippen LogP contribution in [0.4, 0.5) is 8.78 Å². The van der Waals surface area contributed by atoms with E-state index in [1.807, 2.05) is 0 Å². The average molecular weight is 273 g/mol. The lowest BCUT2D eigenvalue weighted by Gasteiger charge is -2.08. The Kier molecular flexibility index (Phi) is 6.38. The van der Waals surface area contributed by atoms with Gasteiger partial charge in [-0.1, -0.05) is 6.07 Å². The summed E-state index contributed by atoms with van der Waals surface area (Å²) in [6, 6.07) is 2.35. The standard InChI is InChI=1S/C13H17F2NO3/c1-9-3-4-10(14)11(12(9)15)13(18)16-5-2-7-19-8-6-17/h3-4,17H,2,5-8H2,1H3,(H,16,18). The van der Waals surface area contributed by atoms with Crippen LogP contribution in [0.5, 0.6) is 0 Å². The molecule has 6 heteroatoms. The fourth-order valence-corrected chi connectivity index (χ4v) is 1.50. The molecule has 0 radical (unpaired) electrons. The molecule has 2 N–H and O–H groups in total. The lowest BCUT2D eigenvalue weighted by atomic mass is 10.1. The molecule has 4 nitrogen and oxygen atoms in total. The summed E-state index contributed by atoms with van der Waals surface area (Å²) in [7, 11) is 0.